The molecule has 1 amide bonds. The molecule has 0 spiro atoms. The Morgan fingerprint density at radius 1 is 1.39 bits per heavy atom. The van der Waals surface area contributed by atoms with Crippen molar-refractivity contribution in [3.63, 3.8) is 0 Å². The minimum Gasteiger partial charge on any atom is -0.379 e. The van der Waals surface area contributed by atoms with Crippen LogP contribution < -0.4 is 0 Å². The Morgan fingerprint density at radius 3 is 2.96 bits per heavy atom. The number of rotatable bonds is 3. The molecule has 1 atom stereocenters. The molecule has 6 heteroatoms. The average molecular weight is 331 g/mol. The van der Waals surface area contributed by atoms with Crippen LogP contribution in [0.4, 0.5) is 0 Å². The van der Waals surface area contributed by atoms with E-state index in [0.29, 0.717) is 26.3 Å². The van der Waals surface area contributed by atoms with E-state index in [2.05, 4.69) is 22.1 Å². The van der Waals surface area contributed by atoms with Gasteiger partial charge in [0.2, 0.25) is 0 Å². The van der Waals surface area contributed by atoms with Gasteiger partial charge in [0.1, 0.15) is 4.88 Å². The molecule has 2 aromatic heterocycles. The Hall–Kier alpha value is -1.79. The van der Waals surface area contributed by atoms with E-state index in [4.69, 9.17) is 4.74 Å². The zero-order chi connectivity index (χ0) is 16.2. The molecule has 1 aliphatic heterocycles. The van der Waals surface area contributed by atoms with Gasteiger partial charge in [-0.3, -0.25) is 9.78 Å². The minimum atomic E-state index is 0.0670. The van der Waals surface area contributed by atoms with Gasteiger partial charge in [0.25, 0.3) is 5.91 Å². The molecule has 23 heavy (non-hydrogen) atoms. The Morgan fingerprint density at radius 2 is 2.26 bits per heavy atom. The topological polar surface area (TPSA) is 55.3 Å². The highest BCUT2D eigenvalue weighted by Gasteiger charge is 2.25. The summed E-state index contributed by atoms with van der Waals surface area (Å²) in [5.74, 6) is 0.335. The van der Waals surface area contributed by atoms with E-state index in [1.54, 1.807) is 5.51 Å². The van der Waals surface area contributed by atoms with Gasteiger partial charge in [-0.15, -0.1) is 11.3 Å². The summed E-state index contributed by atoms with van der Waals surface area (Å²) in [6.45, 7) is 6.50. The Balaban J connectivity index is 1.69. The quantitative estimate of drug-likeness (QED) is 0.867. The van der Waals surface area contributed by atoms with E-state index in [1.807, 2.05) is 24.9 Å². The second-order valence-corrected chi connectivity index (χ2v) is 6.84. The van der Waals surface area contributed by atoms with Crippen LogP contribution in [0.2, 0.25) is 0 Å². The zero-order valence-electron chi connectivity index (χ0n) is 13.5. The maximum absolute atomic E-state index is 12.7. The number of hydrogen-bond acceptors (Lipinski definition) is 5. The average Bonchev–Trinajstić information content (AvgIpc) is 2.83. The monoisotopic (exact) mass is 331 g/mol. The molecule has 1 unspecified atom stereocenters. The maximum Gasteiger partial charge on any atom is 0.265 e. The standard InChI is InChI=1S/C17H21N3O2S/c1-12-3-4-15(18-8-12)7-14-9-20(5-6-22-10-14)17(21)16-13(2)19-11-23-16/h3-4,8,11,14H,5-7,9-10H2,1-2H3. The lowest BCUT2D eigenvalue weighted by molar-refractivity contribution is 0.0741. The van der Waals surface area contributed by atoms with Gasteiger partial charge in [0, 0.05) is 30.9 Å². The molecular weight excluding hydrogens is 310 g/mol. The van der Waals surface area contributed by atoms with E-state index in [-0.39, 0.29) is 11.8 Å². The van der Waals surface area contributed by atoms with Crippen molar-refractivity contribution >= 4 is 17.2 Å². The van der Waals surface area contributed by atoms with Crippen molar-refractivity contribution < 1.29 is 9.53 Å². The lowest BCUT2D eigenvalue weighted by Crippen LogP contribution is -2.36. The third-order valence-electron chi connectivity index (χ3n) is 4.04. The van der Waals surface area contributed by atoms with Crippen molar-refractivity contribution in [1.29, 1.82) is 0 Å². The molecule has 0 N–H and O–H groups in total. The number of amides is 1. The number of ether oxygens (including phenoxy) is 1. The summed E-state index contributed by atoms with van der Waals surface area (Å²) in [7, 11) is 0. The summed E-state index contributed by atoms with van der Waals surface area (Å²) >= 11 is 1.41. The van der Waals surface area contributed by atoms with Crippen LogP contribution in [0.3, 0.4) is 0 Å². The molecule has 1 fully saturated rings. The Bertz CT molecular complexity index is 669. The smallest absolute Gasteiger partial charge is 0.265 e. The van der Waals surface area contributed by atoms with E-state index < -0.39 is 0 Å². The van der Waals surface area contributed by atoms with E-state index >= 15 is 0 Å². The molecule has 5 nitrogen and oxygen atoms in total. The van der Waals surface area contributed by atoms with E-state index in [1.165, 1.54) is 11.3 Å². The van der Waals surface area contributed by atoms with Crippen molar-refractivity contribution in [3.8, 4) is 0 Å². The lowest BCUT2D eigenvalue weighted by atomic mass is 10.0. The molecule has 0 bridgehead atoms. The number of aryl methyl sites for hydroxylation is 2. The van der Waals surface area contributed by atoms with Gasteiger partial charge in [-0.2, -0.15) is 0 Å². The fourth-order valence-electron chi connectivity index (χ4n) is 2.75. The fraction of sp³-hybridized carbons (Fsp3) is 0.471. The number of carbonyl (C=O) groups excluding carboxylic acids is 1. The van der Waals surface area contributed by atoms with Crippen LogP contribution in [0.15, 0.2) is 23.8 Å². The maximum atomic E-state index is 12.7. The van der Waals surface area contributed by atoms with Crippen LogP contribution in [0.5, 0.6) is 0 Å². The highest BCUT2D eigenvalue weighted by atomic mass is 32.1. The summed E-state index contributed by atoms with van der Waals surface area (Å²) in [5, 5.41) is 0. The SMILES string of the molecule is Cc1ccc(CC2COCCN(C(=O)c3scnc3C)C2)nc1. The predicted octanol–water partition coefficient (Wildman–Crippen LogP) is 2.49. The van der Waals surface area contributed by atoms with Crippen LogP contribution >= 0.6 is 11.3 Å². The Labute approximate surface area is 140 Å². The van der Waals surface area contributed by atoms with Gasteiger partial charge < -0.3 is 9.64 Å². The highest BCUT2D eigenvalue weighted by molar-refractivity contribution is 7.11. The van der Waals surface area contributed by atoms with Crippen molar-refractivity contribution in [1.82, 2.24) is 14.9 Å². The van der Waals surface area contributed by atoms with Gasteiger partial charge in [0.15, 0.2) is 0 Å². The number of thiazole rings is 1. The number of aromatic nitrogens is 2. The summed E-state index contributed by atoms with van der Waals surface area (Å²) in [5.41, 5.74) is 4.74. The van der Waals surface area contributed by atoms with Crippen LogP contribution in [-0.4, -0.2) is 47.1 Å². The molecular formula is C17H21N3O2S. The molecule has 1 aliphatic rings. The molecule has 0 aliphatic carbocycles. The normalized spacial score (nSPS) is 18.7. The minimum absolute atomic E-state index is 0.0670. The lowest BCUT2D eigenvalue weighted by Gasteiger charge is -2.23. The number of carbonyl (C=O) groups is 1. The highest BCUT2D eigenvalue weighted by Crippen LogP contribution is 2.19. The molecule has 3 heterocycles. The van der Waals surface area contributed by atoms with Crippen molar-refractivity contribution in [2.75, 3.05) is 26.3 Å². The summed E-state index contributed by atoms with van der Waals surface area (Å²) in [4.78, 5) is 24.0. The van der Waals surface area contributed by atoms with E-state index in [9.17, 15) is 4.79 Å². The van der Waals surface area contributed by atoms with Crippen molar-refractivity contribution in [3.05, 3.63) is 45.7 Å². The van der Waals surface area contributed by atoms with Crippen molar-refractivity contribution in [2.45, 2.75) is 20.3 Å². The number of hydrogen-bond donors (Lipinski definition) is 0. The first-order valence-electron chi connectivity index (χ1n) is 7.82. The van der Waals surface area contributed by atoms with Gasteiger partial charge in [-0.1, -0.05) is 6.07 Å². The number of pyridine rings is 1. The van der Waals surface area contributed by atoms with E-state index in [0.717, 1.165) is 28.2 Å². The largest absolute Gasteiger partial charge is 0.379 e. The molecule has 0 radical (unpaired) electrons. The first-order valence-corrected chi connectivity index (χ1v) is 8.70. The van der Waals surface area contributed by atoms with Crippen LogP contribution in [0, 0.1) is 19.8 Å². The summed E-state index contributed by atoms with van der Waals surface area (Å²) in [6, 6.07) is 4.13. The van der Waals surface area contributed by atoms with Crippen LogP contribution in [0.1, 0.15) is 26.6 Å². The molecule has 0 saturated carbocycles. The van der Waals surface area contributed by atoms with Crippen LogP contribution in [0.25, 0.3) is 0 Å². The first-order chi connectivity index (χ1) is 11.1. The molecule has 0 aromatic carbocycles. The van der Waals surface area contributed by atoms with Crippen LogP contribution in [-0.2, 0) is 11.2 Å². The van der Waals surface area contributed by atoms with Gasteiger partial charge in [-0.25, -0.2) is 4.98 Å². The third kappa shape index (κ3) is 3.95. The molecule has 3 rings (SSSR count). The fourth-order valence-corrected chi connectivity index (χ4v) is 3.52. The molecule has 2 aromatic rings. The third-order valence-corrected chi connectivity index (χ3v) is 4.95. The number of nitrogens with zero attached hydrogens (tertiary/aromatic N) is 3. The zero-order valence-corrected chi connectivity index (χ0v) is 14.3. The molecule has 122 valence electrons. The van der Waals surface area contributed by atoms with Gasteiger partial charge >= 0.3 is 0 Å². The van der Waals surface area contributed by atoms with Gasteiger partial charge in [0.05, 0.1) is 24.4 Å². The second kappa shape index (κ2) is 7.19. The second-order valence-electron chi connectivity index (χ2n) is 5.99. The summed E-state index contributed by atoms with van der Waals surface area (Å²) < 4.78 is 5.70. The molecule has 1 saturated heterocycles. The predicted molar refractivity (Wildman–Crippen MR) is 89.7 cm³/mol. The first kappa shape index (κ1) is 16.1. The van der Waals surface area contributed by atoms with Crippen molar-refractivity contribution in [2.24, 2.45) is 5.92 Å². The summed E-state index contributed by atoms with van der Waals surface area (Å²) in [6.07, 6.45) is 2.71. The Kier molecular flexibility index (Phi) is 5.03. The van der Waals surface area contributed by atoms with Gasteiger partial charge in [-0.05, 0) is 31.9 Å².